The Morgan fingerprint density at radius 1 is 1.32 bits per heavy atom. The lowest BCUT2D eigenvalue weighted by molar-refractivity contribution is -0.149. The van der Waals surface area contributed by atoms with E-state index in [0.717, 1.165) is 17.2 Å². The summed E-state index contributed by atoms with van der Waals surface area (Å²) in [5.74, 6) is -0.644. The maximum absolute atomic E-state index is 13.8. The molecule has 0 amide bonds. The lowest BCUT2D eigenvalue weighted by atomic mass is 10.1. The number of esters is 1. The maximum atomic E-state index is 13.8. The number of hydrogen-bond donors (Lipinski definition) is 4. The van der Waals surface area contributed by atoms with Crippen molar-refractivity contribution in [1.29, 1.82) is 0 Å². The molecular weight excluding hydrogens is 551 g/mol. The number of azide groups is 1. The highest BCUT2D eigenvalue weighted by molar-refractivity contribution is 7.52. The Labute approximate surface area is 226 Å². The van der Waals surface area contributed by atoms with Gasteiger partial charge in [-0.3, -0.25) is 18.7 Å². The van der Waals surface area contributed by atoms with Crippen molar-refractivity contribution < 1.29 is 38.1 Å². The number of para-hydroxylation sites is 1. The predicted molar refractivity (Wildman–Crippen MR) is 137 cm³/mol. The topological polar surface area (TPSA) is 236 Å². The van der Waals surface area contributed by atoms with E-state index in [4.69, 9.17) is 18.5 Å². The summed E-state index contributed by atoms with van der Waals surface area (Å²) < 4.78 is 37.0. The molecule has 40 heavy (non-hydrogen) atoms. The Balaban J connectivity index is 1.63. The van der Waals surface area contributed by atoms with Gasteiger partial charge in [-0.15, -0.1) is 0 Å². The normalized spacial score (nSPS) is 24.8. The fraction of sp³-hybridized carbons (Fsp3) is 0.455. The number of imidazole rings is 1. The Kier molecular flexibility index (Phi) is 8.56. The highest BCUT2D eigenvalue weighted by Gasteiger charge is 2.56. The van der Waals surface area contributed by atoms with E-state index in [0.29, 0.717) is 0 Å². The number of aromatic amines is 1. The molecule has 0 saturated carbocycles. The van der Waals surface area contributed by atoms with Crippen LogP contribution in [0, 0.1) is 0 Å². The summed E-state index contributed by atoms with van der Waals surface area (Å²) in [5, 5.41) is 27.7. The molecule has 1 saturated heterocycles. The standard InChI is InChI=1S/C22H27N8O9P/c1-12(2)37-21(34)13(3)27-40(35,39-14-7-5-4-6-8-14)36-9-22(28-29-23)17(32)16(31)20(38-22)30-11-26-15-18(30)24-10-25-19(15)33/h4-8,10-13,16-17,20,31-32H,9H2,1-3H3,(H,27,35)(H,24,25,33)/t13-,16+,17-,20+,22+,40?/m0/s1. The van der Waals surface area contributed by atoms with Crippen LogP contribution in [0.1, 0.15) is 27.0 Å². The second-order valence-electron chi connectivity index (χ2n) is 9.05. The van der Waals surface area contributed by atoms with E-state index in [1.807, 2.05) is 0 Å². The second-order valence-corrected chi connectivity index (χ2v) is 10.7. The largest absolute Gasteiger partial charge is 0.462 e. The van der Waals surface area contributed by atoms with Crippen LogP contribution in [0.4, 0.5) is 0 Å². The van der Waals surface area contributed by atoms with E-state index >= 15 is 0 Å². The van der Waals surface area contributed by atoms with Crippen molar-refractivity contribution in [1.82, 2.24) is 24.6 Å². The molecule has 18 heteroatoms. The number of nitrogens with zero attached hydrogens (tertiary/aromatic N) is 6. The molecule has 0 radical (unpaired) electrons. The third kappa shape index (κ3) is 6.00. The van der Waals surface area contributed by atoms with E-state index in [2.05, 4.69) is 30.1 Å². The number of carbonyl (C=O) groups is 1. The predicted octanol–water partition coefficient (Wildman–Crippen LogP) is 1.51. The molecule has 0 bridgehead atoms. The van der Waals surface area contributed by atoms with Crippen LogP contribution in [-0.4, -0.2) is 72.4 Å². The van der Waals surface area contributed by atoms with Gasteiger partial charge in [-0.25, -0.2) is 14.5 Å². The molecule has 1 aromatic carbocycles. The Morgan fingerprint density at radius 3 is 2.73 bits per heavy atom. The first-order valence-corrected chi connectivity index (χ1v) is 13.5. The number of aliphatic hydroxyl groups excluding tert-OH is 2. The van der Waals surface area contributed by atoms with Gasteiger partial charge in [-0.1, -0.05) is 23.3 Å². The van der Waals surface area contributed by atoms with Crippen LogP contribution >= 0.6 is 7.75 Å². The van der Waals surface area contributed by atoms with Crippen molar-refractivity contribution in [3.05, 3.63) is 63.8 Å². The van der Waals surface area contributed by atoms with Crippen molar-refractivity contribution in [2.24, 2.45) is 5.11 Å². The van der Waals surface area contributed by atoms with Crippen molar-refractivity contribution >= 4 is 24.9 Å². The molecule has 214 valence electrons. The summed E-state index contributed by atoms with van der Waals surface area (Å²) in [6.07, 6.45) is -3.31. The molecule has 1 unspecified atom stereocenters. The maximum Gasteiger partial charge on any atom is 0.459 e. The number of hydrogen-bond acceptors (Lipinski definition) is 12. The van der Waals surface area contributed by atoms with E-state index < -0.39 is 62.2 Å². The highest BCUT2D eigenvalue weighted by atomic mass is 31.2. The van der Waals surface area contributed by atoms with Gasteiger partial charge in [0, 0.05) is 4.91 Å². The van der Waals surface area contributed by atoms with Gasteiger partial charge in [0.25, 0.3) is 5.56 Å². The summed E-state index contributed by atoms with van der Waals surface area (Å²) in [7, 11) is -4.47. The summed E-state index contributed by atoms with van der Waals surface area (Å²) in [4.78, 5) is 37.5. The molecule has 6 atom stereocenters. The van der Waals surface area contributed by atoms with Crippen molar-refractivity contribution in [3.8, 4) is 5.75 Å². The van der Waals surface area contributed by atoms with Crippen LogP contribution in [0.3, 0.4) is 0 Å². The number of fused-ring (bicyclic) bond motifs is 1. The van der Waals surface area contributed by atoms with Crippen LogP contribution in [0.5, 0.6) is 5.75 Å². The third-order valence-corrected chi connectivity index (χ3v) is 7.35. The Bertz CT molecular complexity index is 1510. The van der Waals surface area contributed by atoms with Crippen LogP contribution in [0.2, 0.25) is 0 Å². The summed E-state index contributed by atoms with van der Waals surface area (Å²) in [6.45, 7) is 3.74. The Morgan fingerprint density at radius 2 is 2.05 bits per heavy atom. The first kappa shape index (κ1) is 29.2. The summed E-state index contributed by atoms with van der Waals surface area (Å²) in [5.41, 5.74) is 6.30. The summed E-state index contributed by atoms with van der Waals surface area (Å²) >= 11 is 0. The first-order valence-electron chi connectivity index (χ1n) is 12.0. The molecule has 17 nitrogen and oxygen atoms in total. The number of benzene rings is 1. The minimum Gasteiger partial charge on any atom is -0.462 e. The average molecular weight is 578 g/mol. The molecule has 1 aliphatic rings. The van der Waals surface area contributed by atoms with Gasteiger partial charge in [0.1, 0.15) is 24.0 Å². The fourth-order valence-corrected chi connectivity index (χ4v) is 5.37. The highest BCUT2D eigenvalue weighted by Crippen LogP contribution is 2.48. The lowest BCUT2D eigenvalue weighted by Crippen LogP contribution is -2.45. The van der Waals surface area contributed by atoms with Crippen molar-refractivity contribution in [3.63, 3.8) is 0 Å². The number of ether oxygens (including phenoxy) is 2. The molecule has 4 rings (SSSR count). The molecule has 1 aliphatic heterocycles. The average Bonchev–Trinajstić information content (AvgIpc) is 3.44. The molecule has 2 aromatic heterocycles. The van der Waals surface area contributed by atoms with Crippen molar-refractivity contribution in [2.75, 3.05) is 6.61 Å². The molecule has 3 aromatic rings. The van der Waals surface area contributed by atoms with E-state index in [-0.39, 0.29) is 16.9 Å². The third-order valence-electron chi connectivity index (χ3n) is 5.72. The van der Waals surface area contributed by atoms with Gasteiger partial charge >= 0.3 is 13.7 Å². The van der Waals surface area contributed by atoms with Crippen LogP contribution < -0.4 is 15.2 Å². The fourth-order valence-electron chi connectivity index (χ4n) is 3.86. The zero-order valence-corrected chi connectivity index (χ0v) is 22.4. The monoisotopic (exact) mass is 578 g/mol. The second kappa shape index (κ2) is 11.7. The minimum atomic E-state index is -4.47. The van der Waals surface area contributed by atoms with Gasteiger partial charge in [0.05, 0.1) is 25.4 Å². The quantitative estimate of drug-likeness (QED) is 0.0833. The molecule has 0 spiro atoms. The van der Waals surface area contributed by atoms with Crippen LogP contribution in [0.25, 0.3) is 21.6 Å². The molecule has 0 aliphatic carbocycles. The number of rotatable bonds is 11. The summed E-state index contributed by atoms with van der Waals surface area (Å²) in [6, 6.07) is 6.70. The van der Waals surface area contributed by atoms with Gasteiger partial charge in [0.2, 0.25) is 5.72 Å². The number of nitrogens with one attached hydrogen (secondary N) is 2. The first-order chi connectivity index (χ1) is 19.0. The van der Waals surface area contributed by atoms with Gasteiger partial charge in [-0.2, -0.15) is 5.09 Å². The molecule has 3 heterocycles. The van der Waals surface area contributed by atoms with E-state index in [1.54, 1.807) is 32.0 Å². The Hall–Kier alpha value is -3.82. The van der Waals surface area contributed by atoms with Gasteiger partial charge in [-0.05, 0) is 38.4 Å². The van der Waals surface area contributed by atoms with Gasteiger partial charge < -0.3 is 29.2 Å². The van der Waals surface area contributed by atoms with Crippen molar-refractivity contribution in [2.45, 2.75) is 57.1 Å². The lowest BCUT2D eigenvalue weighted by Gasteiger charge is -2.29. The number of aromatic nitrogens is 4. The molecular formula is C22H27N8O9P. The van der Waals surface area contributed by atoms with Crippen LogP contribution in [0.15, 0.2) is 52.9 Å². The number of H-pyrrole nitrogens is 1. The van der Waals surface area contributed by atoms with Crippen LogP contribution in [-0.2, 0) is 23.4 Å². The van der Waals surface area contributed by atoms with E-state index in [9.17, 15) is 29.9 Å². The minimum absolute atomic E-state index is 0.00916. The molecule has 4 N–H and O–H groups in total. The zero-order chi connectivity index (χ0) is 29.1. The SMILES string of the molecule is CC(C)OC(=O)[C@H](C)NP(=O)(OC[C@@]1(N=[N+]=[N-])O[C@@H](n2cnc3c(=O)[nH]cnc32)[C@H](O)[C@@H]1O)Oc1ccccc1. The zero-order valence-electron chi connectivity index (χ0n) is 21.5. The number of carbonyl (C=O) groups excluding carboxylic acids is 1. The smallest absolute Gasteiger partial charge is 0.459 e. The molecule has 1 fully saturated rings. The van der Waals surface area contributed by atoms with E-state index in [1.165, 1.54) is 19.1 Å². The number of aliphatic hydroxyl groups is 2. The van der Waals surface area contributed by atoms with Gasteiger partial charge in [0.15, 0.2) is 17.4 Å².